The van der Waals surface area contributed by atoms with Crippen LogP contribution >= 0.6 is 12.2 Å². The normalized spacial score (nSPS) is 15.5. The lowest BCUT2D eigenvalue weighted by Crippen LogP contribution is -2.54. The summed E-state index contributed by atoms with van der Waals surface area (Å²) in [5.74, 6) is -1.33. The van der Waals surface area contributed by atoms with Crippen LogP contribution in [0, 0.1) is 26.6 Å². The number of benzene rings is 2. The molecule has 156 valence electrons. The minimum Gasteiger partial charge on any atom is -0.318 e. The van der Waals surface area contributed by atoms with Crippen molar-refractivity contribution in [3.63, 3.8) is 0 Å². The molecule has 1 saturated heterocycles. The predicted octanol–water partition coefficient (Wildman–Crippen LogP) is 4.37. The number of carbonyl (C=O) groups is 2. The molecule has 2 aromatic carbocycles. The van der Waals surface area contributed by atoms with Crippen LogP contribution in [-0.4, -0.2) is 21.5 Å². The lowest BCUT2D eigenvalue weighted by atomic mass is 10.1. The van der Waals surface area contributed by atoms with Crippen molar-refractivity contribution in [1.29, 1.82) is 0 Å². The van der Waals surface area contributed by atoms with Crippen LogP contribution in [0.4, 0.5) is 10.1 Å². The minimum absolute atomic E-state index is 0.00351. The third-order valence-corrected chi connectivity index (χ3v) is 5.60. The minimum atomic E-state index is -0.536. The Morgan fingerprint density at radius 1 is 1.00 bits per heavy atom. The van der Waals surface area contributed by atoms with Gasteiger partial charge < -0.3 is 4.57 Å². The fourth-order valence-corrected chi connectivity index (χ4v) is 4.04. The average Bonchev–Trinajstić information content (AvgIpc) is 3.00. The van der Waals surface area contributed by atoms with E-state index in [1.807, 2.05) is 49.6 Å². The van der Waals surface area contributed by atoms with Gasteiger partial charge in [0.1, 0.15) is 11.4 Å². The van der Waals surface area contributed by atoms with Gasteiger partial charge in [0.05, 0.1) is 5.69 Å². The van der Waals surface area contributed by atoms with Gasteiger partial charge in [-0.3, -0.25) is 19.8 Å². The average molecular weight is 434 g/mol. The van der Waals surface area contributed by atoms with Crippen LogP contribution in [-0.2, 0) is 9.59 Å². The van der Waals surface area contributed by atoms with Crippen LogP contribution in [0.15, 0.2) is 60.2 Å². The third-order valence-electron chi connectivity index (χ3n) is 5.31. The number of nitrogens with zero attached hydrogens (tertiary/aromatic N) is 2. The number of anilines is 1. The molecule has 7 heteroatoms. The van der Waals surface area contributed by atoms with E-state index in [0.29, 0.717) is 5.69 Å². The summed E-state index contributed by atoms with van der Waals surface area (Å²) in [5, 5.41) is 2.67. The number of thiocarbonyl (C=S) groups is 1. The van der Waals surface area contributed by atoms with Crippen molar-refractivity contribution in [3.8, 4) is 5.69 Å². The summed E-state index contributed by atoms with van der Waals surface area (Å²) in [6.07, 6.45) is 1.58. The maximum Gasteiger partial charge on any atom is 0.270 e. The topological polar surface area (TPSA) is 54.3 Å². The highest BCUT2D eigenvalue weighted by Crippen LogP contribution is 2.27. The van der Waals surface area contributed by atoms with Crippen molar-refractivity contribution in [1.82, 2.24) is 9.88 Å². The number of carbonyl (C=O) groups excluding carboxylic acids is 2. The number of hydrogen-bond acceptors (Lipinski definition) is 3. The summed E-state index contributed by atoms with van der Waals surface area (Å²) >= 11 is 5.28. The Bertz CT molecular complexity index is 1260. The molecule has 1 fully saturated rings. The van der Waals surface area contributed by atoms with E-state index in [2.05, 4.69) is 5.32 Å². The molecule has 5 nitrogen and oxygen atoms in total. The smallest absolute Gasteiger partial charge is 0.270 e. The van der Waals surface area contributed by atoms with E-state index >= 15 is 0 Å². The van der Waals surface area contributed by atoms with E-state index in [1.54, 1.807) is 24.3 Å². The first-order valence-corrected chi connectivity index (χ1v) is 10.1. The number of nitrogens with one attached hydrogen (secondary N) is 1. The summed E-state index contributed by atoms with van der Waals surface area (Å²) in [7, 11) is 0. The van der Waals surface area contributed by atoms with Gasteiger partial charge in [0.25, 0.3) is 11.8 Å². The molecule has 1 aromatic heterocycles. The molecule has 0 bridgehead atoms. The molecule has 1 N–H and O–H groups in total. The monoisotopic (exact) mass is 433 g/mol. The van der Waals surface area contributed by atoms with Gasteiger partial charge in [-0.25, -0.2) is 4.39 Å². The summed E-state index contributed by atoms with van der Waals surface area (Å²) < 4.78 is 15.3. The molecule has 2 heterocycles. The highest BCUT2D eigenvalue weighted by atomic mass is 32.1. The molecule has 2 amide bonds. The van der Waals surface area contributed by atoms with E-state index in [1.165, 1.54) is 17.0 Å². The molecule has 1 aliphatic heterocycles. The van der Waals surface area contributed by atoms with Crippen molar-refractivity contribution in [2.45, 2.75) is 20.8 Å². The first-order valence-electron chi connectivity index (χ1n) is 9.70. The van der Waals surface area contributed by atoms with Crippen LogP contribution in [0.1, 0.15) is 22.5 Å². The number of hydrogen-bond donors (Lipinski definition) is 1. The fraction of sp³-hybridized carbons (Fsp3) is 0.125. The number of rotatable bonds is 3. The summed E-state index contributed by atoms with van der Waals surface area (Å²) in [6, 6.07) is 15.4. The fourth-order valence-electron chi connectivity index (χ4n) is 3.77. The highest BCUT2D eigenvalue weighted by Gasteiger charge is 2.35. The molecule has 4 rings (SSSR count). The Morgan fingerprint density at radius 3 is 2.35 bits per heavy atom. The number of halogens is 1. The number of para-hydroxylation sites is 1. The summed E-state index contributed by atoms with van der Waals surface area (Å²) in [5.41, 5.74) is 4.72. The lowest BCUT2D eigenvalue weighted by Gasteiger charge is -2.30. The zero-order chi connectivity index (χ0) is 22.3. The number of amides is 2. The number of aryl methyl sites for hydroxylation is 2. The van der Waals surface area contributed by atoms with Crippen LogP contribution in [0.2, 0.25) is 0 Å². The van der Waals surface area contributed by atoms with Crippen molar-refractivity contribution in [2.75, 3.05) is 4.90 Å². The van der Waals surface area contributed by atoms with Crippen LogP contribution in [0.3, 0.4) is 0 Å². The van der Waals surface area contributed by atoms with Crippen LogP contribution in [0.5, 0.6) is 0 Å². The molecular weight excluding hydrogens is 413 g/mol. The number of aromatic nitrogens is 1. The van der Waals surface area contributed by atoms with Gasteiger partial charge in [0.2, 0.25) is 0 Å². The molecule has 0 spiro atoms. The predicted molar refractivity (Wildman–Crippen MR) is 123 cm³/mol. The first kappa shape index (κ1) is 20.7. The second kappa shape index (κ2) is 7.92. The summed E-state index contributed by atoms with van der Waals surface area (Å²) in [6.45, 7) is 5.68. The quantitative estimate of drug-likeness (QED) is 0.379. The molecule has 0 saturated carbocycles. The lowest BCUT2D eigenvalue weighted by molar-refractivity contribution is -0.122. The second-order valence-corrected chi connectivity index (χ2v) is 7.77. The van der Waals surface area contributed by atoms with Crippen LogP contribution in [0.25, 0.3) is 11.8 Å². The maximum atomic E-state index is 13.3. The van der Waals surface area contributed by atoms with Gasteiger partial charge >= 0.3 is 0 Å². The maximum absolute atomic E-state index is 13.3. The Balaban J connectivity index is 1.77. The van der Waals surface area contributed by atoms with Crippen molar-refractivity contribution >= 4 is 40.9 Å². The van der Waals surface area contributed by atoms with E-state index in [-0.39, 0.29) is 16.5 Å². The molecule has 0 aliphatic carbocycles. The summed E-state index contributed by atoms with van der Waals surface area (Å²) in [4.78, 5) is 27.2. The standard InChI is InChI=1S/C24H20FN3O2S/c1-14-6-4-5-7-21(14)28-23(30)20(22(29)26-24(28)31)13-17-12-15(2)27(16(17)3)19-10-8-18(25)9-11-19/h4-13H,1-3H3,(H,26,29,31)/b20-13+. The van der Waals surface area contributed by atoms with Crippen LogP contribution < -0.4 is 10.2 Å². The zero-order valence-electron chi connectivity index (χ0n) is 17.3. The van der Waals surface area contributed by atoms with Gasteiger partial charge in [-0.05, 0) is 86.6 Å². The largest absolute Gasteiger partial charge is 0.318 e. The Kier molecular flexibility index (Phi) is 5.29. The second-order valence-electron chi connectivity index (χ2n) is 7.38. The van der Waals surface area contributed by atoms with Crippen molar-refractivity contribution in [2.24, 2.45) is 0 Å². The van der Waals surface area contributed by atoms with Gasteiger partial charge in [0.15, 0.2) is 5.11 Å². The van der Waals surface area contributed by atoms with Gasteiger partial charge in [-0.1, -0.05) is 18.2 Å². The molecule has 0 unspecified atom stereocenters. The Labute approximate surface area is 184 Å². The highest BCUT2D eigenvalue weighted by molar-refractivity contribution is 7.80. The molecule has 31 heavy (non-hydrogen) atoms. The van der Waals surface area contributed by atoms with Crippen molar-refractivity contribution < 1.29 is 14.0 Å². The molecule has 1 aliphatic rings. The van der Waals surface area contributed by atoms with E-state index in [4.69, 9.17) is 12.2 Å². The first-order chi connectivity index (χ1) is 14.8. The van der Waals surface area contributed by atoms with Gasteiger partial charge in [-0.15, -0.1) is 0 Å². The van der Waals surface area contributed by atoms with E-state index in [0.717, 1.165) is 28.2 Å². The Morgan fingerprint density at radius 2 is 1.68 bits per heavy atom. The van der Waals surface area contributed by atoms with Gasteiger partial charge in [0, 0.05) is 17.1 Å². The molecule has 0 radical (unpaired) electrons. The molecule has 3 aromatic rings. The van der Waals surface area contributed by atoms with Crippen molar-refractivity contribution in [3.05, 3.63) is 88.5 Å². The molecular formula is C24H20FN3O2S. The Hall–Kier alpha value is -3.58. The SMILES string of the molecule is Cc1ccccc1N1C(=O)/C(=C/c2cc(C)n(-c3ccc(F)cc3)c2C)C(=O)NC1=S. The van der Waals surface area contributed by atoms with Gasteiger partial charge in [-0.2, -0.15) is 0 Å². The molecule has 0 atom stereocenters. The van der Waals surface area contributed by atoms with E-state index in [9.17, 15) is 14.0 Å². The van der Waals surface area contributed by atoms with E-state index < -0.39 is 11.8 Å². The zero-order valence-corrected chi connectivity index (χ0v) is 18.1. The third kappa shape index (κ3) is 3.68.